The van der Waals surface area contributed by atoms with Crippen molar-refractivity contribution in [3.8, 4) is 5.75 Å². The first-order valence-electron chi connectivity index (χ1n) is 8.99. The molecular formula is C20H30O2. The molecule has 22 heavy (non-hydrogen) atoms. The van der Waals surface area contributed by atoms with E-state index in [0.717, 1.165) is 48.0 Å². The molecule has 0 radical (unpaired) electrons. The number of furan rings is 1. The highest BCUT2D eigenvalue weighted by Crippen LogP contribution is 2.31. The Bertz CT molecular complexity index is 568. The van der Waals surface area contributed by atoms with E-state index in [4.69, 9.17) is 4.42 Å². The van der Waals surface area contributed by atoms with E-state index in [0.29, 0.717) is 5.75 Å². The predicted octanol–water partition coefficient (Wildman–Crippen LogP) is 6.38. The number of phenols is 1. The van der Waals surface area contributed by atoms with Crippen LogP contribution in [-0.4, -0.2) is 5.11 Å². The second-order valence-corrected chi connectivity index (χ2v) is 6.31. The van der Waals surface area contributed by atoms with Gasteiger partial charge in [0.25, 0.3) is 0 Å². The molecule has 0 unspecified atom stereocenters. The van der Waals surface area contributed by atoms with Gasteiger partial charge in [-0.1, -0.05) is 52.4 Å². The molecule has 122 valence electrons. The third-order valence-electron chi connectivity index (χ3n) is 4.40. The quantitative estimate of drug-likeness (QED) is 0.516. The number of phenolic OH excluding ortho intramolecular Hbond substituents is 1. The van der Waals surface area contributed by atoms with Crippen LogP contribution >= 0.6 is 0 Å². The van der Waals surface area contributed by atoms with E-state index < -0.39 is 0 Å². The number of aromatic hydroxyl groups is 1. The van der Waals surface area contributed by atoms with Gasteiger partial charge in [-0.15, -0.1) is 0 Å². The zero-order chi connectivity index (χ0) is 15.8. The molecule has 1 N–H and O–H groups in total. The second kappa shape index (κ2) is 8.87. The molecule has 2 aromatic rings. The molecule has 0 spiro atoms. The predicted molar refractivity (Wildman–Crippen MR) is 93.6 cm³/mol. The standard InChI is InChI=1S/C20H30O2/c1-3-5-7-8-9-10-11-16-15-18-17(12-6-4-2)19(21)13-14-20(18)22-16/h13-15,21H,3-12H2,1-2H3. The summed E-state index contributed by atoms with van der Waals surface area (Å²) in [6, 6.07) is 5.81. The third kappa shape index (κ3) is 4.53. The second-order valence-electron chi connectivity index (χ2n) is 6.31. The molecule has 0 amide bonds. The van der Waals surface area contributed by atoms with E-state index in [1.165, 1.54) is 38.5 Å². The first-order valence-corrected chi connectivity index (χ1v) is 8.99. The zero-order valence-corrected chi connectivity index (χ0v) is 14.2. The summed E-state index contributed by atoms with van der Waals surface area (Å²) >= 11 is 0. The number of aryl methyl sites for hydroxylation is 2. The number of benzene rings is 1. The number of rotatable bonds is 10. The average molecular weight is 302 g/mol. The minimum Gasteiger partial charge on any atom is -0.508 e. The van der Waals surface area contributed by atoms with Crippen molar-refractivity contribution >= 4 is 11.0 Å². The molecule has 0 saturated carbocycles. The molecule has 1 heterocycles. The average Bonchev–Trinajstić information content (AvgIpc) is 2.93. The monoisotopic (exact) mass is 302 g/mol. The fourth-order valence-corrected chi connectivity index (χ4v) is 3.03. The maximum absolute atomic E-state index is 10.1. The summed E-state index contributed by atoms with van der Waals surface area (Å²) in [5.41, 5.74) is 1.97. The van der Waals surface area contributed by atoms with Gasteiger partial charge in [-0.05, 0) is 37.5 Å². The highest BCUT2D eigenvalue weighted by atomic mass is 16.3. The highest BCUT2D eigenvalue weighted by molar-refractivity contribution is 5.84. The molecule has 0 saturated heterocycles. The molecule has 2 rings (SSSR count). The van der Waals surface area contributed by atoms with Gasteiger partial charge in [0.1, 0.15) is 17.1 Å². The van der Waals surface area contributed by atoms with Gasteiger partial charge in [-0.3, -0.25) is 0 Å². The third-order valence-corrected chi connectivity index (χ3v) is 4.40. The lowest BCUT2D eigenvalue weighted by Crippen LogP contribution is -1.86. The SMILES string of the molecule is CCCCCCCCc1cc2c(CCCC)c(O)ccc2o1. The van der Waals surface area contributed by atoms with Crippen molar-refractivity contribution in [2.24, 2.45) is 0 Å². The van der Waals surface area contributed by atoms with Crippen molar-refractivity contribution in [2.45, 2.75) is 78.1 Å². The topological polar surface area (TPSA) is 33.4 Å². The Labute approximate surface area is 134 Å². The van der Waals surface area contributed by atoms with Crippen LogP contribution in [0.1, 0.15) is 76.5 Å². The van der Waals surface area contributed by atoms with E-state index in [9.17, 15) is 5.11 Å². The largest absolute Gasteiger partial charge is 0.508 e. The Hall–Kier alpha value is -1.44. The van der Waals surface area contributed by atoms with Crippen LogP contribution in [0.3, 0.4) is 0 Å². The normalized spacial score (nSPS) is 11.4. The van der Waals surface area contributed by atoms with Gasteiger partial charge in [0, 0.05) is 17.4 Å². The molecule has 1 aromatic carbocycles. The number of hydrogen-bond donors (Lipinski definition) is 1. The molecule has 0 fully saturated rings. The molecule has 2 nitrogen and oxygen atoms in total. The van der Waals surface area contributed by atoms with Crippen LogP contribution in [0.25, 0.3) is 11.0 Å². The summed E-state index contributed by atoms with van der Waals surface area (Å²) < 4.78 is 5.96. The summed E-state index contributed by atoms with van der Waals surface area (Å²) in [6.07, 6.45) is 12.0. The Balaban J connectivity index is 1.97. The van der Waals surface area contributed by atoms with Crippen LogP contribution in [0.4, 0.5) is 0 Å². The lowest BCUT2D eigenvalue weighted by atomic mass is 10.0. The van der Waals surface area contributed by atoms with Gasteiger partial charge in [0.15, 0.2) is 0 Å². The highest BCUT2D eigenvalue weighted by Gasteiger charge is 2.11. The molecule has 0 aliphatic rings. The Morgan fingerprint density at radius 1 is 0.864 bits per heavy atom. The Morgan fingerprint density at radius 2 is 1.59 bits per heavy atom. The van der Waals surface area contributed by atoms with Gasteiger partial charge in [-0.25, -0.2) is 0 Å². The van der Waals surface area contributed by atoms with E-state index in [-0.39, 0.29) is 0 Å². The van der Waals surface area contributed by atoms with Gasteiger partial charge in [-0.2, -0.15) is 0 Å². The first kappa shape index (κ1) is 16.9. The van der Waals surface area contributed by atoms with Crippen LogP contribution in [0.5, 0.6) is 5.75 Å². The number of unbranched alkanes of at least 4 members (excludes halogenated alkanes) is 6. The summed E-state index contributed by atoms with van der Waals surface area (Å²) in [4.78, 5) is 0. The lowest BCUT2D eigenvalue weighted by Gasteiger charge is -2.04. The van der Waals surface area contributed by atoms with Crippen molar-refractivity contribution in [3.63, 3.8) is 0 Å². The van der Waals surface area contributed by atoms with Crippen molar-refractivity contribution < 1.29 is 9.52 Å². The van der Waals surface area contributed by atoms with Crippen LogP contribution in [0, 0.1) is 0 Å². The molecular weight excluding hydrogens is 272 g/mol. The summed E-state index contributed by atoms with van der Waals surface area (Å²) in [5.74, 6) is 1.47. The maximum atomic E-state index is 10.1. The zero-order valence-electron chi connectivity index (χ0n) is 14.2. The molecule has 2 heteroatoms. The van der Waals surface area contributed by atoms with Crippen LogP contribution in [0.2, 0.25) is 0 Å². The van der Waals surface area contributed by atoms with Crippen LogP contribution in [-0.2, 0) is 12.8 Å². The molecule has 0 atom stereocenters. The molecule has 0 bridgehead atoms. The van der Waals surface area contributed by atoms with Crippen LogP contribution in [0.15, 0.2) is 22.6 Å². The smallest absolute Gasteiger partial charge is 0.134 e. The first-order chi connectivity index (χ1) is 10.8. The van der Waals surface area contributed by atoms with Crippen molar-refractivity contribution in [3.05, 3.63) is 29.5 Å². The number of hydrogen-bond acceptors (Lipinski definition) is 2. The summed E-state index contributed by atoms with van der Waals surface area (Å²) in [5, 5.41) is 11.2. The van der Waals surface area contributed by atoms with Gasteiger partial charge in [0.2, 0.25) is 0 Å². The lowest BCUT2D eigenvalue weighted by molar-refractivity contribution is 0.467. The fourth-order valence-electron chi connectivity index (χ4n) is 3.03. The van der Waals surface area contributed by atoms with E-state index in [1.54, 1.807) is 6.07 Å². The van der Waals surface area contributed by atoms with Crippen molar-refractivity contribution in [2.75, 3.05) is 0 Å². The van der Waals surface area contributed by atoms with Crippen LogP contribution < -0.4 is 0 Å². The van der Waals surface area contributed by atoms with E-state index in [1.807, 2.05) is 6.07 Å². The minimum absolute atomic E-state index is 0.410. The Kier molecular flexibility index (Phi) is 6.82. The summed E-state index contributed by atoms with van der Waals surface area (Å²) in [7, 11) is 0. The minimum atomic E-state index is 0.410. The van der Waals surface area contributed by atoms with Gasteiger partial charge >= 0.3 is 0 Å². The van der Waals surface area contributed by atoms with Crippen molar-refractivity contribution in [1.82, 2.24) is 0 Å². The maximum Gasteiger partial charge on any atom is 0.134 e. The fraction of sp³-hybridized carbons (Fsp3) is 0.600. The van der Waals surface area contributed by atoms with Crippen molar-refractivity contribution in [1.29, 1.82) is 0 Å². The van der Waals surface area contributed by atoms with Gasteiger partial charge < -0.3 is 9.52 Å². The number of fused-ring (bicyclic) bond motifs is 1. The molecule has 0 aliphatic heterocycles. The molecule has 1 aromatic heterocycles. The van der Waals surface area contributed by atoms with E-state index in [2.05, 4.69) is 19.9 Å². The van der Waals surface area contributed by atoms with Gasteiger partial charge in [0.05, 0.1) is 0 Å². The summed E-state index contributed by atoms with van der Waals surface area (Å²) in [6.45, 7) is 4.43. The Morgan fingerprint density at radius 3 is 2.36 bits per heavy atom. The molecule has 0 aliphatic carbocycles. The van der Waals surface area contributed by atoms with E-state index >= 15 is 0 Å².